The van der Waals surface area contributed by atoms with Gasteiger partial charge in [0, 0.05) is 32.3 Å². The summed E-state index contributed by atoms with van der Waals surface area (Å²) in [7, 11) is 1.72. The molecule has 1 aromatic carbocycles. The number of carbonyl (C=O) groups is 1. The van der Waals surface area contributed by atoms with Crippen LogP contribution in [0.15, 0.2) is 35.3 Å². The first-order valence-corrected chi connectivity index (χ1v) is 12.3. The Morgan fingerprint density at radius 1 is 1.14 bits per heavy atom. The number of hydrogen-bond acceptors (Lipinski definition) is 6. The van der Waals surface area contributed by atoms with Gasteiger partial charge >= 0.3 is 6.16 Å². The maximum absolute atomic E-state index is 12.2. The molecule has 192 valence electrons. The van der Waals surface area contributed by atoms with Crippen molar-refractivity contribution >= 4 is 23.7 Å². The first kappa shape index (κ1) is 28.1. The van der Waals surface area contributed by atoms with E-state index in [-0.39, 0.29) is 11.3 Å². The molecule has 0 amide bonds. The molecular weight excluding hydrogens is 442 g/mol. The number of aromatic nitrogens is 2. The second-order valence-corrected chi connectivity index (χ2v) is 9.82. The van der Waals surface area contributed by atoms with E-state index >= 15 is 0 Å². The highest BCUT2D eigenvalue weighted by atomic mass is 16.8. The zero-order valence-electron chi connectivity index (χ0n) is 22.7. The van der Waals surface area contributed by atoms with Crippen LogP contribution < -0.4 is 0 Å². The molecule has 2 aromatic rings. The summed E-state index contributed by atoms with van der Waals surface area (Å²) in [6, 6.07) is 10.3. The SMILES string of the molecule is CCC(C)COC(=O)OC(C)O/C(=C(/C=N\C)c1ccc(C(C)(C)C)cc1)c1cc(C)nn1CC. The molecule has 2 unspecified atom stereocenters. The van der Waals surface area contributed by atoms with E-state index in [1.807, 2.05) is 38.4 Å². The average Bonchev–Trinajstić information content (AvgIpc) is 3.19. The minimum Gasteiger partial charge on any atom is -0.452 e. The molecule has 1 heterocycles. The number of rotatable bonds is 10. The molecule has 0 aliphatic heterocycles. The van der Waals surface area contributed by atoms with Crippen molar-refractivity contribution in [2.45, 2.75) is 80.1 Å². The maximum Gasteiger partial charge on any atom is 0.511 e. The third-order valence-corrected chi connectivity index (χ3v) is 5.73. The fraction of sp³-hybridized carbons (Fsp3) is 0.536. The smallest absolute Gasteiger partial charge is 0.452 e. The van der Waals surface area contributed by atoms with Crippen LogP contribution in [0.1, 0.15) is 77.4 Å². The number of benzene rings is 1. The fourth-order valence-corrected chi connectivity index (χ4v) is 3.46. The van der Waals surface area contributed by atoms with Crippen molar-refractivity contribution in [2.24, 2.45) is 10.9 Å². The number of hydrogen-bond donors (Lipinski definition) is 0. The van der Waals surface area contributed by atoms with E-state index in [0.717, 1.165) is 28.9 Å². The van der Waals surface area contributed by atoms with E-state index in [0.29, 0.717) is 18.9 Å². The summed E-state index contributed by atoms with van der Waals surface area (Å²) in [6.07, 6.45) is 1.04. The molecule has 35 heavy (non-hydrogen) atoms. The summed E-state index contributed by atoms with van der Waals surface area (Å²) >= 11 is 0. The Labute approximate surface area is 210 Å². The van der Waals surface area contributed by atoms with Gasteiger partial charge in [0.25, 0.3) is 0 Å². The molecule has 0 saturated carbocycles. The first-order chi connectivity index (χ1) is 16.5. The Morgan fingerprint density at radius 2 is 1.80 bits per heavy atom. The molecule has 2 atom stereocenters. The monoisotopic (exact) mass is 483 g/mol. The lowest BCUT2D eigenvalue weighted by Crippen LogP contribution is -2.21. The molecule has 0 bridgehead atoms. The second kappa shape index (κ2) is 12.6. The predicted octanol–water partition coefficient (Wildman–Crippen LogP) is 6.64. The number of nitrogens with zero attached hydrogens (tertiary/aromatic N) is 3. The molecule has 2 rings (SSSR count). The highest BCUT2D eigenvalue weighted by Gasteiger charge is 2.22. The summed E-state index contributed by atoms with van der Waals surface area (Å²) in [4.78, 5) is 16.5. The third kappa shape index (κ3) is 7.98. The van der Waals surface area contributed by atoms with E-state index in [4.69, 9.17) is 14.2 Å². The Morgan fingerprint density at radius 3 is 2.34 bits per heavy atom. The van der Waals surface area contributed by atoms with Crippen LogP contribution in [0.25, 0.3) is 11.3 Å². The van der Waals surface area contributed by atoms with Crippen molar-refractivity contribution in [3.8, 4) is 0 Å². The van der Waals surface area contributed by atoms with Crippen LogP contribution in [0, 0.1) is 12.8 Å². The van der Waals surface area contributed by atoms with Gasteiger partial charge in [0.2, 0.25) is 6.29 Å². The molecule has 0 aliphatic carbocycles. The van der Waals surface area contributed by atoms with Crippen molar-refractivity contribution < 1.29 is 19.0 Å². The second-order valence-electron chi connectivity index (χ2n) is 9.82. The van der Waals surface area contributed by atoms with E-state index in [9.17, 15) is 4.79 Å². The van der Waals surface area contributed by atoms with Gasteiger partial charge in [0.15, 0.2) is 5.76 Å². The van der Waals surface area contributed by atoms with Crippen LogP contribution in [-0.4, -0.2) is 42.1 Å². The number of aryl methyl sites for hydroxylation is 2. The van der Waals surface area contributed by atoms with Crippen molar-refractivity contribution in [1.82, 2.24) is 9.78 Å². The van der Waals surface area contributed by atoms with Crippen LogP contribution in [0.2, 0.25) is 0 Å². The van der Waals surface area contributed by atoms with Crippen LogP contribution in [0.4, 0.5) is 4.79 Å². The van der Waals surface area contributed by atoms with Crippen molar-refractivity contribution in [1.29, 1.82) is 0 Å². The van der Waals surface area contributed by atoms with Crippen LogP contribution in [0.5, 0.6) is 0 Å². The normalized spacial score (nSPS) is 14.4. The molecule has 0 fully saturated rings. The molecule has 0 radical (unpaired) electrons. The molecule has 1 aromatic heterocycles. The average molecular weight is 484 g/mol. The standard InChI is InChI=1S/C28H41N3O4/c1-10-19(3)18-33-27(32)35-21(5)34-26(25-16-20(4)30-31(25)11-2)24(17-29-9)22-12-14-23(15-13-22)28(6,7)8/h12-17,19,21H,10-11,18H2,1-9H3/b26-24-,29-17-. The fourth-order valence-electron chi connectivity index (χ4n) is 3.46. The van der Waals surface area contributed by atoms with Gasteiger partial charge in [-0.2, -0.15) is 5.10 Å². The Hall–Kier alpha value is -3.09. The first-order valence-electron chi connectivity index (χ1n) is 12.3. The summed E-state index contributed by atoms with van der Waals surface area (Å²) in [5, 5.41) is 4.58. The summed E-state index contributed by atoms with van der Waals surface area (Å²) in [6.45, 7) is 17.2. The van der Waals surface area contributed by atoms with Crippen molar-refractivity contribution in [2.75, 3.05) is 13.7 Å². The minimum absolute atomic E-state index is 0.0382. The molecule has 7 nitrogen and oxygen atoms in total. The molecular formula is C28H41N3O4. The largest absolute Gasteiger partial charge is 0.511 e. The highest BCUT2D eigenvalue weighted by Crippen LogP contribution is 2.31. The third-order valence-electron chi connectivity index (χ3n) is 5.73. The number of carbonyl (C=O) groups excluding carboxylic acids is 1. The lowest BCUT2D eigenvalue weighted by Gasteiger charge is -2.22. The van der Waals surface area contributed by atoms with Gasteiger partial charge in [-0.1, -0.05) is 65.3 Å². The van der Waals surface area contributed by atoms with Gasteiger partial charge in [0.1, 0.15) is 5.69 Å². The zero-order valence-corrected chi connectivity index (χ0v) is 22.7. The molecule has 0 N–H and O–H groups in total. The van der Waals surface area contributed by atoms with Gasteiger partial charge in [-0.05, 0) is 42.4 Å². The van der Waals surface area contributed by atoms with Gasteiger partial charge in [-0.15, -0.1) is 0 Å². The van der Waals surface area contributed by atoms with Crippen LogP contribution in [0.3, 0.4) is 0 Å². The van der Waals surface area contributed by atoms with Crippen LogP contribution in [-0.2, 0) is 26.2 Å². The minimum atomic E-state index is -0.885. The summed E-state index contributed by atoms with van der Waals surface area (Å²) in [5.74, 6) is 0.795. The van der Waals surface area contributed by atoms with Gasteiger partial charge in [-0.25, -0.2) is 4.79 Å². The van der Waals surface area contributed by atoms with Gasteiger partial charge in [0.05, 0.1) is 12.3 Å². The molecule has 7 heteroatoms. The van der Waals surface area contributed by atoms with Crippen molar-refractivity contribution in [3.63, 3.8) is 0 Å². The lowest BCUT2D eigenvalue weighted by molar-refractivity contribution is -0.0694. The zero-order chi connectivity index (χ0) is 26.2. The molecule has 0 aliphatic rings. The Kier molecular flexibility index (Phi) is 10.1. The Bertz CT molecular complexity index is 1030. The predicted molar refractivity (Wildman–Crippen MR) is 141 cm³/mol. The van der Waals surface area contributed by atoms with Gasteiger partial charge < -0.3 is 14.2 Å². The van der Waals surface area contributed by atoms with Crippen molar-refractivity contribution in [3.05, 3.63) is 52.8 Å². The summed E-state index contributed by atoms with van der Waals surface area (Å²) < 4.78 is 18.8. The highest BCUT2D eigenvalue weighted by molar-refractivity contribution is 6.18. The number of ether oxygens (including phenoxy) is 3. The number of allylic oxidation sites excluding steroid dienone is 1. The Balaban J connectivity index is 2.49. The van der Waals surface area contributed by atoms with Crippen LogP contribution >= 0.6 is 0 Å². The lowest BCUT2D eigenvalue weighted by atomic mass is 9.86. The van der Waals surface area contributed by atoms with Gasteiger partial charge in [-0.3, -0.25) is 9.67 Å². The topological polar surface area (TPSA) is 74.9 Å². The van der Waals surface area contributed by atoms with E-state index in [2.05, 4.69) is 55.1 Å². The van der Waals surface area contributed by atoms with E-state index in [1.165, 1.54) is 5.56 Å². The number of aliphatic imine (C=N–C) groups is 1. The van der Waals surface area contributed by atoms with E-state index < -0.39 is 12.4 Å². The molecule has 0 spiro atoms. The summed E-state index contributed by atoms with van der Waals surface area (Å²) in [5.41, 5.74) is 4.61. The molecule has 0 saturated heterocycles. The maximum atomic E-state index is 12.2. The quantitative estimate of drug-likeness (QED) is 0.164. The van der Waals surface area contributed by atoms with E-state index in [1.54, 1.807) is 20.2 Å².